The Bertz CT molecular complexity index is 631. The molecule has 3 rings (SSSR count). The second-order valence-electron chi connectivity index (χ2n) is 6.19. The molecule has 0 amide bonds. The number of hydrogen-bond donors (Lipinski definition) is 1. The highest BCUT2D eigenvalue weighted by atomic mass is 15.3. The monoisotopic (exact) mass is 284 g/mol. The third kappa shape index (κ3) is 2.56. The number of hydrogen-bond acceptors (Lipinski definition) is 3. The van der Waals surface area contributed by atoms with Gasteiger partial charge in [-0.3, -0.25) is 4.68 Å². The van der Waals surface area contributed by atoms with Crippen LogP contribution in [-0.2, 0) is 13.5 Å². The average molecular weight is 284 g/mol. The predicted octanol–water partition coefficient (Wildman–Crippen LogP) is 2.43. The molecule has 1 aliphatic heterocycles. The number of aromatic nitrogens is 2. The lowest BCUT2D eigenvalue weighted by molar-refractivity contribution is 0.489. The van der Waals surface area contributed by atoms with E-state index in [1.54, 1.807) is 0 Å². The summed E-state index contributed by atoms with van der Waals surface area (Å²) in [6.45, 7) is 6.03. The molecule has 112 valence electrons. The number of fused-ring (bicyclic) bond motifs is 1. The first-order valence-electron chi connectivity index (χ1n) is 7.65. The largest absolute Gasteiger partial charge is 0.363 e. The molecule has 2 unspecified atom stereocenters. The van der Waals surface area contributed by atoms with Gasteiger partial charge in [-0.15, -0.1) is 0 Å². The highest BCUT2D eigenvalue weighted by Gasteiger charge is 2.29. The SMILES string of the molecule is Cc1nn(C)cc1C(CN)N1CC(C)Cc2ccccc21. The minimum absolute atomic E-state index is 0.197. The van der Waals surface area contributed by atoms with Gasteiger partial charge in [0.25, 0.3) is 0 Å². The Morgan fingerprint density at radius 2 is 2.14 bits per heavy atom. The Kier molecular flexibility index (Phi) is 3.72. The zero-order chi connectivity index (χ0) is 15.0. The topological polar surface area (TPSA) is 47.1 Å². The van der Waals surface area contributed by atoms with Gasteiger partial charge in [0.05, 0.1) is 11.7 Å². The minimum atomic E-state index is 0.197. The van der Waals surface area contributed by atoms with Gasteiger partial charge < -0.3 is 10.6 Å². The zero-order valence-corrected chi connectivity index (χ0v) is 13.1. The lowest BCUT2D eigenvalue weighted by Gasteiger charge is -2.40. The molecular weight excluding hydrogens is 260 g/mol. The first-order chi connectivity index (χ1) is 10.1. The smallest absolute Gasteiger partial charge is 0.0698 e. The van der Waals surface area contributed by atoms with Crippen LogP contribution in [0.2, 0.25) is 0 Å². The van der Waals surface area contributed by atoms with Gasteiger partial charge in [-0.25, -0.2) is 0 Å². The van der Waals surface area contributed by atoms with Crippen molar-refractivity contribution in [2.45, 2.75) is 26.3 Å². The van der Waals surface area contributed by atoms with E-state index in [1.165, 1.54) is 16.8 Å². The number of benzene rings is 1. The van der Waals surface area contributed by atoms with Crippen molar-refractivity contribution in [2.24, 2.45) is 18.7 Å². The van der Waals surface area contributed by atoms with E-state index < -0.39 is 0 Å². The van der Waals surface area contributed by atoms with E-state index in [0.29, 0.717) is 12.5 Å². The molecule has 2 atom stereocenters. The molecule has 0 saturated heterocycles. The van der Waals surface area contributed by atoms with Crippen LogP contribution in [0.4, 0.5) is 5.69 Å². The Morgan fingerprint density at radius 3 is 2.81 bits per heavy atom. The maximum absolute atomic E-state index is 6.14. The molecule has 1 aromatic carbocycles. The lowest BCUT2D eigenvalue weighted by atomic mass is 9.91. The summed E-state index contributed by atoms with van der Waals surface area (Å²) in [6.07, 6.45) is 3.25. The van der Waals surface area contributed by atoms with Gasteiger partial charge in [0.2, 0.25) is 0 Å². The van der Waals surface area contributed by atoms with E-state index in [1.807, 2.05) is 11.7 Å². The molecule has 2 aromatic rings. The Morgan fingerprint density at radius 1 is 1.38 bits per heavy atom. The molecule has 21 heavy (non-hydrogen) atoms. The molecule has 0 spiro atoms. The molecule has 4 nitrogen and oxygen atoms in total. The van der Waals surface area contributed by atoms with Gasteiger partial charge in [-0.2, -0.15) is 5.10 Å². The molecule has 2 N–H and O–H groups in total. The number of nitrogens with two attached hydrogens (primary N) is 1. The maximum Gasteiger partial charge on any atom is 0.0698 e. The molecule has 2 heterocycles. The van der Waals surface area contributed by atoms with Crippen LogP contribution in [0.3, 0.4) is 0 Å². The average Bonchev–Trinajstić information content (AvgIpc) is 2.78. The number of rotatable bonds is 3. The van der Waals surface area contributed by atoms with Crippen molar-refractivity contribution in [3.05, 3.63) is 47.3 Å². The third-order valence-electron chi connectivity index (χ3n) is 4.39. The zero-order valence-electron chi connectivity index (χ0n) is 13.1. The van der Waals surface area contributed by atoms with E-state index in [9.17, 15) is 0 Å². The highest BCUT2D eigenvalue weighted by Crippen LogP contribution is 2.36. The first-order valence-corrected chi connectivity index (χ1v) is 7.65. The van der Waals surface area contributed by atoms with Crippen molar-refractivity contribution in [1.82, 2.24) is 9.78 Å². The Hall–Kier alpha value is -1.81. The Balaban J connectivity index is 2.03. The maximum atomic E-state index is 6.14. The van der Waals surface area contributed by atoms with Crippen molar-refractivity contribution in [3.63, 3.8) is 0 Å². The van der Waals surface area contributed by atoms with Gasteiger partial charge >= 0.3 is 0 Å². The van der Waals surface area contributed by atoms with Gasteiger partial charge in [-0.05, 0) is 30.9 Å². The second-order valence-corrected chi connectivity index (χ2v) is 6.19. The molecule has 0 saturated carbocycles. The summed E-state index contributed by atoms with van der Waals surface area (Å²) in [5.74, 6) is 0.644. The van der Waals surface area contributed by atoms with E-state index in [0.717, 1.165) is 18.7 Å². The third-order valence-corrected chi connectivity index (χ3v) is 4.39. The van der Waals surface area contributed by atoms with Crippen LogP contribution in [0.15, 0.2) is 30.5 Å². The molecule has 0 radical (unpaired) electrons. The van der Waals surface area contributed by atoms with Gasteiger partial charge in [-0.1, -0.05) is 25.1 Å². The first kappa shape index (κ1) is 14.1. The van der Waals surface area contributed by atoms with E-state index in [-0.39, 0.29) is 6.04 Å². The molecule has 0 bridgehead atoms. The summed E-state index contributed by atoms with van der Waals surface area (Å²) in [4.78, 5) is 2.47. The fraction of sp³-hybridized carbons (Fsp3) is 0.471. The van der Waals surface area contributed by atoms with Gasteiger partial charge in [0.1, 0.15) is 0 Å². The summed E-state index contributed by atoms with van der Waals surface area (Å²) < 4.78 is 1.88. The molecular formula is C17H24N4. The molecule has 0 fully saturated rings. The summed E-state index contributed by atoms with van der Waals surface area (Å²) in [5, 5.41) is 4.48. The number of anilines is 1. The standard InChI is InChI=1S/C17H24N4/c1-12-8-14-6-4-5-7-16(14)21(10-12)17(9-18)15-11-20(3)19-13(15)2/h4-7,11-12,17H,8-10,18H2,1-3H3. The van der Waals surface area contributed by atoms with E-state index in [2.05, 4.69) is 54.3 Å². The van der Waals surface area contributed by atoms with Crippen molar-refractivity contribution >= 4 is 5.69 Å². The van der Waals surface area contributed by atoms with Crippen LogP contribution in [0.25, 0.3) is 0 Å². The molecule has 0 aliphatic carbocycles. The Labute approximate surface area is 126 Å². The summed E-state index contributed by atoms with van der Waals surface area (Å²) in [6, 6.07) is 8.90. The number of para-hydroxylation sites is 1. The normalized spacial score (nSPS) is 19.4. The molecule has 1 aromatic heterocycles. The van der Waals surface area contributed by atoms with Crippen molar-refractivity contribution in [3.8, 4) is 0 Å². The molecule has 1 aliphatic rings. The van der Waals surface area contributed by atoms with Crippen molar-refractivity contribution < 1.29 is 0 Å². The van der Waals surface area contributed by atoms with Gasteiger partial charge in [0.15, 0.2) is 0 Å². The van der Waals surface area contributed by atoms with E-state index >= 15 is 0 Å². The highest BCUT2D eigenvalue weighted by molar-refractivity contribution is 5.57. The van der Waals surface area contributed by atoms with Crippen LogP contribution >= 0.6 is 0 Å². The summed E-state index contributed by atoms with van der Waals surface area (Å²) in [5.41, 5.74) is 11.2. The summed E-state index contributed by atoms with van der Waals surface area (Å²) in [7, 11) is 1.97. The van der Waals surface area contributed by atoms with Crippen molar-refractivity contribution in [2.75, 3.05) is 18.0 Å². The number of aryl methyl sites for hydroxylation is 2. The summed E-state index contributed by atoms with van der Waals surface area (Å²) >= 11 is 0. The second kappa shape index (κ2) is 5.53. The van der Waals surface area contributed by atoms with Crippen LogP contribution in [0, 0.1) is 12.8 Å². The van der Waals surface area contributed by atoms with Gasteiger partial charge in [0, 0.05) is 37.6 Å². The van der Waals surface area contributed by atoms with E-state index in [4.69, 9.17) is 5.73 Å². The minimum Gasteiger partial charge on any atom is -0.363 e. The predicted molar refractivity (Wildman–Crippen MR) is 86.4 cm³/mol. The van der Waals surface area contributed by atoms with Crippen LogP contribution in [0.5, 0.6) is 0 Å². The fourth-order valence-corrected chi connectivity index (χ4v) is 3.50. The van der Waals surface area contributed by atoms with Crippen molar-refractivity contribution in [1.29, 1.82) is 0 Å². The van der Waals surface area contributed by atoms with Crippen LogP contribution in [-0.4, -0.2) is 22.9 Å². The lowest BCUT2D eigenvalue weighted by Crippen LogP contribution is -2.40. The molecule has 4 heteroatoms. The number of nitrogens with zero attached hydrogens (tertiary/aromatic N) is 3. The quantitative estimate of drug-likeness (QED) is 0.941. The van der Waals surface area contributed by atoms with Crippen LogP contribution in [0.1, 0.15) is 29.8 Å². The van der Waals surface area contributed by atoms with Crippen LogP contribution < -0.4 is 10.6 Å². The fourth-order valence-electron chi connectivity index (χ4n) is 3.50.